The number of carboxylic acids is 1. The molecule has 1 aromatic carbocycles. The molecule has 2 rings (SSSR count). The maximum absolute atomic E-state index is 10.9. The number of carboxylic acid groups (broad SMARTS) is 1. The summed E-state index contributed by atoms with van der Waals surface area (Å²) >= 11 is 1.64. The second-order valence-corrected chi connectivity index (χ2v) is 4.65. The van der Waals surface area contributed by atoms with Crippen molar-refractivity contribution in [1.29, 1.82) is 0 Å². The number of likely N-dealkylation sites (N-methyl/N-ethyl adjacent to an activating group) is 1. The fraction of sp³-hybridized carbons (Fsp3) is 0.250. The van der Waals surface area contributed by atoms with Gasteiger partial charge in [-0.05, 0) is 13.0 Å². The minimum atomic E-state index is -0.808. The van der Waals surface area contributed by atoms with E-state index in [4.69, 9.17) is 5.11 Å². The van der Waals surface area contributed by atoms with Crippen molar-refractivity contribution in [2.75, 3.05) is 11.9 Å². The summed E-state index contributed by atoms with van der Waals surface area (Å²) in [7, 11) is 1.81. The molecule has 0 aliphatic rings. The van der Waals surface area contributed by atoms with Crippen LogP contribution in [-0.2, 0) is 4.79 Å². The number of aliphatic carboxylic acids is 1. The van der Waals surface area contributed by atoms with E-state index in [1.54, 1.807) is 23.2 Å². The molecule has 0 saturated carbocycles. The molecule has 1 heterocycles. The quantitative estimate of drug-likeness (QED) is 0.889. The number of rotatable bonds is 3. The van der Waals surface area contributed by atoms with E-state index >= 15 is 0 Å². The lowest BCUT2D eigenvalue weighted by Crippen LogP contribution is -2.35. The van der Waals surface area contributed by atoms with Crippen LogP contribution in [-0.4, -0.2) is 24.2 Å². The molecule has 0 aliphatic carbocycles. The fourth-order valence-corrected chi connectivity index (χ4v) is 2.60. The molecule has 84 valence electrons. The van der Waals surface area contributed by atoms with E-state index in [9.17, 15) is 4.79 Å². The van der Waals surface area contributed by atoms with E-state index in [-0.39, 0.29) is 0 Å². The topological polar surface area (TPSA) is 40.5 Å². The molecule has 0 bridgehead atoms. The van der Waals surface area contributed by atoms with Crippen molar-refractivity contribution in [2.24, 2.45) is 0 Å². The average Bonchev–Trinajstić information content (AvgIpc) is 2.70. The maximum atomic E-state index is 10.9. The first-order valence-electron chi connectivity index (χ1n) is 5.03. The largest absolute Gasteiger partial charge is 0.480 e. The monoisotopic (exact) mass is 235 g/mol. The Morgan fingerprint density at radius 3 is 2.81 bits per heavy atom. The molecule has 1 aromatic heterocycles. The molecular weight excluding hydrogens is 222 g/mol. The zero-order valence-electron chi connectivity index (χ0n) is 9.18. The van der Waals surface area contributed by atoms with Crippen LogP contribution in [0.15, 0.2) is 29.6 Å². The normalized spacial score (nSPS) is 12.6. The Balaban J connectivity index is 2.44. The molecule has 1 atom stereocenters. The Labute approximate surface area is 97.9 Å². The number of hydrogen-bond acceptors (Lipinski definition) is 3. The molecule has 2 aromatic rings. The van der Waals surface area contributed by atoms with Crippen molar-refractivity contribution in [3.63, 3.8) is 0 Å². The van der Waals surface area contributed by atoms with E-state index in [2.05, 4.69) is 0 Å². The molecule has 1 N–H and O–H groups in total. The molecule has 0 fully saturated rings. The van der Waals surface area contributed by atoms with Crippen molar-refractivity contribution in [3.8, 4) is 0 Å². The smallest absolute Gasteiger partial charge is 0.326 e. The maximum Gasteiger partial charge on any atom is 0.326 e. The molecule has 16 heavy (non-hydrogen) atoms. The average molecular weight is 235 g/mol. The Bertz CT molecular complexity index is 520. The van der Waals surface area contributed by atoms with Crippen LogP contribution < -0.4 is 4.90 Å². The highest BCUT2D eigenvalue weighted by Crippen LogP contribution is 2.32. The van der Waals surface area contributed by atoms with Gasteiger partial charge in [0.2, 0.25) is 0 Å². The highest BCUT2D eigenvalue weighted by molar-refractivity contribution is 7.17. The van der Waals surface area contributed by atoms with Crippen LogP contribution in [0.5, 0.6) is 0 Å². The van der Waals surface area contributed by atoms with Gasteiger partial charge in [0, 0.05) is 22.5 Å². The van der Waals surface area contributed by atoms with Crippen molar-refractivity contribution in [1.82, 2.24) is 0 Å². The van der Waals surface area contributed by atoms with Crippen LogP contribution in [0.3, 0.4) is 0 Å². The fourth-order valence-electron chi connectivity index (χ4n) is 1.61. The van der Waals surface area contributed by atoms with Gasteiger partial charge in [-0.15, -0.1) is 11.3 Å². The van der Waals surface area contributed by atoms with Gasteiger partial charge in [-0.1, -0.05) is 18.2 Å². The number of thiophene rings is 1. The molecular formula is C12H13NO2S. The van der Waals surface area contributed by atoms with Crippen LogP contribution in [0.2, 0.25) is 0 Å². The summed E-state index contributed by atoms with van der Waals surface area (Å²) in [5.41, 5.74) is 0.982. The number of anilines is 1. The summed E-state index contributed by atoms with van der Waals surface area (Å²) in [4.78, 5) is 12.7. The van der Waals surface area contributed by atoms with Gasteiger partial charge in [0.25, 0.3) is 0 Å². The Kier molecular flexibility index (Phi) is 2.83. The molecule has 0 spiro atoms. The number of nitrogens with zero attached hydrogens (tertiary/aromatic N) is 1. The summed E-state index contributed by atoms with van der Waals surface area (Å²) in [6, 6.07) is 7.51. The van der Waals surface area contributed by atoms with Crippen molar-refractivity contribution in [3.05, 3.63) is 29.6 Å². The van der Waals surface area contributed by atoms with Gasteiger partial charge >= 0.3 is 5.97 Å². The number of carbonyl (C=O) groups is 1. The van der Waals surface area contributed by atoms with Crippen LogP contribution in [0.1, 0.15) is 6.92 Å². The zero-order valence-corrected chi connectivity index (χ0v) is 9.99. The highest BCUT2D eigenvalue weighted by Gasteiger charge is 2.19. The second-order valence-electron chi connectivity index (χ2n) is 3.74. The van der Waals surface area contributed by atoms with E-state index in [1.165, 1.54) is 4.70 Å². The van der Waals surface area contributed by atoms with E-state index in [0.717, 1.165) is 11.1 Å². The van der Waals surface area contributed by atoms with Gasteiger partial charge in [0.15, 0.2) is 0 Å². The van der Waals surface area contributed by atoms with E-state index in [0.29, 0.717) is 0 Å². The number of hydrogen-bond donors (Lipinski definition) is 1. The first kappa shape index (κ1) is 11.0. The SMILES string of the molecule is C[C@@H](C(=O)O)N(C)c1csc2ccccc12. The summed E-state index contributed by atoms with van der Waals surface area (Å²) < 4.78 is 1.18. The lowest BCUT2D eigenvalue weighted by Gasteiger charge is -2.22. The molecule has 4 heteroatoms. The van der Waals surface area contributed by atoms with E-state index < -0.39 is 12.0 Å². The third-order valence-corrected chi connectivity index (χ3v) is 3.73. The lowest BCUT2D eigenvalue weighted by atomic mass is 10.2. The predicted molar refractivity (Wildman–Crippen MR) is 67.3 cm³/mol. The van der Waals surface area contributed by atoms with Gasteiger partial charge in [0.1, 0.15) is 6.04 Å². The number of benzene rings is 1. The lowest BCUT2D eigenvalue weighted by molar-refractivity contribution is -0.138. The number of fused-ring (bicyclic) bond motifs is 1. The van der Waals surface area contributed by atoms with Gasteiger partial charge in [0.05, 0.1) is 5.69 Å². The summed E-state index contributed by atoms with van der Waals surface area (Å²) in [6.45, 7) is 1.69. The molecule has 0 unspecified atom stereocenters. The highest BCUT2D eigenvalue weighted by atomic mass is 32.1. The Morgan fingerprint density at radius 2 is 2.12 bits per heavy atom. The Morgan fingerprint density at radius 1 is 1.44 bits per heavy atom. The van der Waals surface area contributed by atoms with Crippen molar-refractivity contribution < 1.29 is 9.90 Å². The minimum absolute atomic E-state index is 0.516. The molecule has 0 radical (unpaired) electrons. The van der Waals surface area contributed by atoms with E-state index in [1.807, 2.05) is 36.7 Å². The first-order chi connectivity index (χ1) is 7.61. The zero-order chi connectivity index (χ0) is 11.7. The van der Waals surface area contributed by atoms with Gasteiger partial charge in [-0.25, -0.2) is 4.79 Å². The van der Waals surface area contributed by atoms with Crippen molar-refractivity contribution >= 4 is 33.1 Å². The molecule has 3 nitrogen and oxygen atoms in total. The first-order valence-corrected chi connectivity index (χ1v) is 5.91. The summed E-state index contributed by atoms with van der Waals surface area (Å²) in [5, 5.41) is 12.1. The second kappa shape index (κ2) is 4.14. The predicted octanol–water partition coefficient (Wildman–Crippen LogP) is 2.81. The molecule has 0 aliphatic heterocycles. The van der Waals surface area contributed by atoms with Crippen LogP contribution in [0.4, 0.5) is 5.69 Å². The molecule has 0 saturated heterocycles. The summed E-state index contributed by atoms with van der Waals surface area (Å²) in [5.74, 6) is -0.808. The standard InChI is InChI=1S/C12H13NO2S/c1-8(12(14)15)13(2)10-7-16-11-6-4-3-5-9(10)11/h3-8H,1-2H3,(H,14,15)/t8-/m0/s1. The van der Waals surface area contributed by atoms with Gasteiger partial charge < -0.3 is 10.0 Å². The summed E-state index contributed by atoms with van der Waals surface area (Å²) in [6.07, 6.45) is 0. The van der Waals surface area contributed by atoms with Crippen LogP contribution in [0, 0.1) is 0 Å². The molecule has 0 amide bonds. The Hall–Kier alpha value is -1.55. The van der Waals surface area contributed by atoms with Crippen molar-refractivity contribution in [2.45, 2.75) is 13.0 Å². The van der Waals surface area contributed by atoms with Gasteiger partial charge in [-0.3, -0.25) is 0 Å². The van der Waals surface area contributed by atoms with Crippen LogP contribution >= 0.6 is 11.3 Å². The van der Waals surface area contributed by atoms with Gasteiger partial charge in [-0.2, -0.15) is 0 Å². The minimum Gasteiger partial charge on any atom is -0.480 e. The third kappa shape index (κ3) is 1.76. The van der Waals surface area contributed by atoms with Crippen LogP contribution in [0.25, 0.3) is 10.1 Å². The third-order valence-electron chi connectivity index (χ3n) is 2.78.